The van der Waals surface area contributed by atoms with Crippen molar-refractivity contribution >= 4 is 32.6 Å². The Hall–Kier alpha value is -8.66. The molecule has 0 unspecified atom stereocenters. The summed E-state index contributed by atoms with van der Waals surface area (Å²) >= 11 is 0. The van der Waals surface area contributed by atoms with Crippen LogP contribution in [0.3, 0.4) is 0 Å². The van der Waals surface area contributed by atoms with E-state index in [1.54, 1.807) is 0 Å². The van der Waals surface area contributed by atoms with Gasteiger partial charge in [0.2, 0.25) is 5.95 Å². The van der Waals surface area contributed by atoms with Crippen molar-refractivity contribution in [2.45, 2.75) is 10.8 Å². The summed E-state index contributed by atoms with van der Waals surface area (Å²) < 4.78 is 2.36. The maximum Gasteiger partial charge on any atom is 0.235 e. The van der Waals surface area contributed by atoms with Gasteiger partial charge in [0.25, 0.3) is 0 Å². The fourth-order valence-corrected chi connectivity index (χ4v) is 12.8. The fraction of sp³-hybridized carbons (Fsp3) is 0.0312. The van der Waals surface area contributed by atoms with Gasteiger partial charge in [-0.15, -0.1) is 0 Å². The third-order valence-corrected chi connectivity index (χ3v) is 15.3. The van der Waals surface area contributed by atoms with Gasteiger partial charge < -0.3 is 0 Å². The predicted molar refractivity (Wildman–Crippen MR) is 273 cm³/mol. The van der Waals surface area contributed by atoms with Crippen molar-refractivity contribution < 1.29 is 0 Å². The number of nitrogens with zero attached hydrogens (tertiary/aromatic N) is 3. The minimum Gasteiger partial charge on any atom is -0.278 e. The number of aromatic nitrogens is 3. The van der Waals surface area contributed by atoms with Crippen molar-refractivity contribution in [2.75, 3.05) is 0 Å². The van der Waals surface area contributed by atoms with E-state index in [0.29, 0.717) is 5.95 Å². The Labute approximate surface area is 388 Å². The van der Waals surface area contributed by atoms with Gasteiger partial charge in [0.15, 0.2) is 0 Å². The monoisotopic (exact) mass is 849 g/mol. The SMILES string of the molecule is c1ccc(-c2cc(-c3ccccc3)nc(-n3c4cc5c(cc4c4c6ccccc6ccc43)C3(c4ccccc4-c4ccccc43)c3ccccc3C53c4ccccc4-c4ccccc43)n2)cc1. The average Bonchev–Trinajstić information content (AvgIpc) is 4.01. The van der Waals surface area contributed by atoms with Crippen molar-refractivity contribution in [3.8, 4) is 50.7 Å². The molecule has 0 amide bonds. The number of benzene rings is 10. The van der Waals surface area contributed by atoms with Crippen LogP contribution in [0.4, 0.5) is 0 Å². The summed E-state index contributed by atoms with van der Waals surface area (Å²) in [4.78, 5) is 11.1. The summed E-state index contributed by atoms with van der Waals surface area (Å²) in [7, 11) is 0. The lowest BCUT2D eigenvalue weighted by Crippen LogP contribution is -2.43. The Kier molecular flexibility index (Phi) is 7.36. The summed E-state index contributed by atoms with van der Waals surface area (Å²) in [5.74, 6) is 0.638. The zero-order chi connectivity index (χ0) is 43.8. The van der Waals surface area contributed by atoms with Crippen molar-refractivity contribution in [3.63, 3.8) is 0 Å². The molecular weight excluding hydrogens is 811 g/mol. The highest BCUT2D eigenvalue weighted by atomic mass is 15.2. The Balaban J connectivity index is 1.18. The van der Waals surface area contributed by atoms with Crippen LogP contribution in [0.1, 0.15) is 44.5 Å². The highest BCUT2D eigenvalue weighted by molar-refractivity contribution is 6.22. The first-order valence-corrected chi connectivity index (χ1v) is 23.2. The van der Waals surface area contributed by atoms with Crippen LogP contribution in [0, 0.1) is 0 Å². The first-order valence-electron chi connectivity index (χ1n) is 23.2. The van der Waals surface area contributed by atoms with E-state index in [4.69, 9.17) is 9.97 Å². The Morgan fingerprint density at radius 2 is 0.716 bits per heavy atom. The van der Waals surface area contributed by atoms with E-state index < -0.39 is 10.8 Å². The van der Waals surface area contributed by atoms with Crippen molar-refractivity contribution in [1.29, 1.82) is 0 Å². The molecule has 3 heteroatoms. The molecule has 0 bridgehead atoms. The molecule has 3 aliphatic carbocycles. The van der Waals surface area contributed by atoms with Gasteiger partial charge in [0.1, 0.15) is 0 Å². The average molecular weight is 850 g/mol. The predicted octanol–water partition coefficient (Wildman–Crippen LogP) is 15.1. The molecule has 3 aliphatic rings. The van der Waals surface area contributed by atoms with E-state index >= 15 is 0 Å². The largest absolute Gasteiger partial charge is 0.278 e. The molecule has 67 heavy (non-hydrogen) atoms. The van der Waals surface area contributed by atoms with Crippen molar-refractivity contribution in [1.82, 2.24) is 14.5 Å². The van der Waals surface area contributed by atoms with Crippen LogP contribution in [0.5, 0.6) is 0 Å². The van der Waals surface area contributed by atoms with E-state index in [1.165, 1.54) is 88.3 Å². The zero-order valence-corrected chi connectivity index (χ0v) is 36.4. The Morgan fingerprint density at radius 3 is 1.22 bits per heavy atom. The molecular formula is C64H39N3. The lowest BCUT2D eigenvalue weighted by atomic mass is 9.52. The molecule has 3 nitrogen and oxygen atoms in total. The molecule has 0 atom stereocenters. The molecule has 0 saturated carbocycles. The van der Waals surface area contributed by atoms with Gasteiger partial charge in [0.05, 0.1) is 33.3 Å². The number of hydrogen-bond donors (Lipinski definition) is 0. The molecule has 2 spiro atoms. The third kappa shape index (κ3) is 4.65. The summed E-state index contributed by atoms with van der Waals surface area (Å²) in [5.41, 5.74) is 20.3. The van der Waals surface area contributed by atoms with Gasteiger partial charge >= 0.3 is 0 Å². The quantitative estimate of drug-likeness (QED) is 0.177. The number of fused-ring (bicyclic) bond motifs is 21. The van der Waals surface area contributed by atoms with Crippen LogP contribution in [0.2, 0.25) is 0 Å². The first-order chi connectivity index (χ1) is 33.2. The van der Waals surface area contributed by atoms with E-state index in [2.05, 4.69) is 241 Å². The summed E-state index contributed by atoms with van der Waals surface area (Å²) in [5, 5.41) is 4.77. The van der Waals surface area contributed by atoms with Crippen LogP contribution < -0.4 is 0 Å². The smallest absolute Gasteiger partial charge is 0.235 e. The van der Waals surface area contributed by atoms with E-state index in [0.717, 1.165) is 33.5 Å². The Bertz CT molecular complexity index is 3900. The van der Waals surface area contributed by atoms with Gasteiger partial charge in [-0.25, -0.2) is 9.97 Å². The molecule has 0 radical (unpaired) electrons. The van der Waals surface area contributed by atoms with Crippen LogP contribution in [-0.2, 0) is 10.8 Å². The highest BCUT2D eigenvalue weighted by Crippen LogP contribution is 2.68. The topological polar surface area (TPSA) is 30.7 Å². The van der Waals surface area contributed by atoms with Gasteiger partial charge in [-0.2, -0.15) is 0 Å². The zero-order valence-electron chi connectivity index (χ0n) is 36.4. The molecule has 10 aromatic carbocycles. The molecule has 12 aromatic rings. The van der Waals surface area contributed by atoms with Crippen LogP contribution in [0.25, 0.3) is 83.3 Å². The maximum absolute atomic E-state index is 5.54. The molecule has 0 aliphatic heterocycles. The second-order valence-electron chi connectivity index (χ2n) is 18.3. The number of rotatable bonds is 3. The van der Waals surface area contributed by atoms with Gasteiger partial charge in [-0.05, 0) is 102 Å². The van der Waals surface area contributed by atoms with E-state index in [-0.39, 0.29) is 0 Å². The lowest BCUT2D eigenvalue weighted by Gasteiger charge is -2.49. The molecule has 15 rings (SSSR count). The minimum atomic E-state index is -0.643. The van der Waals surface area contributed by atoms with Crippen LogP contribution >= 0.6 is 0 Å². The second-order valence-corrected chi connectivity index (χ2v) is 18.3. The van der Waals surface area contributed by atoms with Crippen LogP contribution in [-0.4, -0.2) is 14.5 Å². The fourth-order valence-electron chi connectivity index (χ4n) is 12.8. The second kappa shape index (κ2) is 13.4. The summed E-state index contributed by atoms with van der Waals surface area (Å²) in [6, 6.07) is 87.7. The van der Waals surface area contributed by atoms with Gasteiger partial charge in [-0.3, -0.25) is 4.57 Å². The maximum atomic E-state index is 5.54. The molecule has 310 valence electrons. The van der Waals surface area contributed by atoms with Gasteiger partial charge in [0, 0.05) is 21.9 Å². The highest BCUT2D eigenvalue weighted by Gasteiger charge is 2.59. The lowest BCUT2D eigenvalue weighted by molar-refractivity contribution is 0.634. The molecule has 2 heterocycles. The molecule has 0 N–H and O–H groups in total. The Morgan fingerprint density at radius 1 is 0.299 bits per heavy atom. The van der Waals surface area contributed by atoms with Crippen molar-refractivity contribution in [3.05, 3.63) is 281 Å². The third-order valence-electron chi connectivity index (χ3n) is 15.3. The number of hydrogen-bond acceptors (Lipinski definition) is 2. The van der Waals surface area contributed by atoms with Crippen molar-refractivity contribution in [2.24, 2.45) is 0 Å². The van der Waals surface area contributed by atoms with Crippen LogP contribution in [0.15, 0.2) is 237 Å². The standard InChI is InChI=1S/C64H39N3/c1-3-20-41(21-4-1)57-39-58(42-22-5-2-6-23-42)66-62(65-57)67-59-36-35-40-19-7-8-24-43(40)61(59)48-37-55-56(38-60(48)67)64(51-31-15-11-27-46(51)47-28-12-16-32-52(47)64)54-34-18-17-33-53(54)63(55)49-29-13-9-25-44(49)45-26-10-14-30-50(45)63/h1-39H. The summed E-state index contributed by atoms with van der Waals surface area (Å²) in [6.07, 6.45) is 0. The molecule has 0 fully saturated rings. The minimum absolute atomic E-state index is 0.617. The molecule has 2 aromatic heterocycles. The normalized spacial score (nSPS) is 14.2. The van der Waals surface area contributed by atoms with Gasteiger partial charge in [-0.1, -0.05) is 212 Å². The molecule has 0 saturated heterocycles. The summed E-state index contributed by atoms with van der Waals surface area (Å²) in [6.45, 7) is 0. The first kappa shape index (κ1) is 36.7. The van der Waals surface area contributed by atoms with E-state index in [9.17, 15) is 0 Å². The van der Waals surface area contributed by atoms with E-state index in [1.807, 2.05) is 0 Å².